The van der Waals surface area contributed by atoms with Gasteiger partial charge < -0.3 is 5.11 Å². The van der Waals surface area contributed by atoms with Crippen molar-refractivity contribution < 1.29 is 9.90 Å². The average Bonchev–Trinajstić information content (AvgIpc) is 2.72. The molecule has 1 N–H and O–H groups in total. The van der Waals surface area contributed by atoms with Crippen LogP contribution in [0.5, 0.6) is 0 Å². The van der Waals surface area contributed by atoms with Crippen molar-refractivity contribution in [3.05, 3.63) is 107 Å². The quantitative estimate of drug-likeness (QED) is 0.450. The summed E-state index contributed by atoms with van der Waals surface area (Å²) in [5.74, 6) is -0.884. The number of rotatable bonds is 5. The monoisotopic (exact) mass is 366 g/mol. The second-order valence-corrected chi connectivity index (χ2v) is 7.22. The molecule has 2 nitrogen and oxygen atoms in total. The summed E-state index contributed by atoms with van der Waals surface area (Å²) < 4.78 is 0. The lowest BCUT2D eigenvalue weighted by molar-refractivity contribution is 0.0696. The zero-order valence-corrected chi connectivity index (χ0v) is 15.9. The normalized spacial score (nSPS) is 10.9. The highest BCUT2D eigenvalue weighted by atomic mass is 16.4. The van der Waals surface area contributed by atoms with E-state index in [1.807, 2.05) is 25.1 Å². The van der Waals surface area contributed by atoms with E-state index < -0.39 is 5.97 Å². The first-order chi connectivity index (χ1) is 13.6. The van der Waals surface area contributed by atoms with E-state index in [1.165, 1.54) is 21.9 Å². The Kier molecular flexibility index (Phi) is 4.94. The van der Waals surface area contributed by atoms with E-state index >= 15 is 0 Å². The molecule has 0 heterocycles. The van der Waals surface area contributed by atoms with Gasteiger partial charge in [0, 0.05) is 0 Å². The van der Waals surface area contributed by atoms with Crippen molar-refractivity contribution in [2.75, 3.05) is 0 Å². The van der Waals surface area contributed by atoms with Crippen molar-refractivity contribution in [2.24, 2.45) is 0 Å². The SMILES string of the molecule is Cc1cc(-c2ccc3cc(CCc4ccccc4)ccc3c2)ccc1C(=O)O. The van der Waals surface area contributed by atoms with E-state index in [9.17, 15) is 9.90 Å². The van der Waals surface area contributed by atoms with Crippen LogP contribution in [0.2, 0.25) is 0 Å². The lowest BCUT2D eigenvalue weighted by Gasteiger charge is -2.09. The lowest BCUT2D eigenvalue weighted by Crippen LogP contribution is -1.99. The predicted octanol–water partition coefficient (Wildman–Crippen LogP) is 6.30. The fourth-order valence-electron chi connectivity index (χ4n) is 3.65. The minimum absolute atomic E-state index is 0.354. The standard InChI is InChI=1S/C26H22O2/c1-18-15-21(13-14-25(18)26(27)28)24-12-11-22-16-20(9-10-23(22)17-24)8-7-19-5-3-2-4-6-19/h2-6,9-17H,7-8H2,1H3,(H,27,28). The van der Waals surface area contributed by atoms with Gasteiger partial charge in [-0.1, -0.05) is 72.8 Å². The fraction of sp³-hybridized carbons (Fsp3) is 0.115. The van der Waals surface area contributed by atoms with Crippen molar-refractivity contribution in [3.63, 3.8) is 0 Å². The lowest BCUT2D eigenvalue weighted by atomic mass is 9.96. The highest BCUT2D eigenvalue weighted by Gasteiger charge is 2.08. The Labute approximate surface area is 165 Å². The van der Waals surface area contributed by atoms with Gasteiger partial charge in [-0.15, -0.1) is 0 Å². The van der Waals surface area contributed by atoms with Crippen molar-refractivity contribution in [1.29, 1.82) is 0 Å². The summed E-state index contributed by atoms with van der Waals surface area (Å²) in [5.41, 5.74) is 5.97. The van der Waals surface area contributed by atoms with Crippen molar-refractivity contribution >= 4 is 16.7 Å². The minimum atomic E-state index is -0.884. The molecule has 2 heteroatoms. The molecule has 4 aromatic carbocycles. The van der Waals surface area contributed by atoms with Crippen LogP contribution >= 0.6 is 0 Å². The Hall–Kier alpha value is -3.39. The van der Waals surface area contributed by atoms with Gasteiger partial charge in [-0.25, -0.2) is 4.79 Å². The number of aromatic carboxylic acids is 1. The third-order valence-electron chi connectivity index (χ3n) is 5.24. The summed E-state index contributed by atoms with van der Waals surface area (Å²) in [6.07, 6.45) is 2.07. The molecule has 0 aromatic heterocycles. The molecule has 4 aromatic rings. The molecule has 0 atom stereocenters. The van der Waals surface area contributed by atoms with Crippen LogP contribution in [0.4, 0.5) is 0 Å². The molecule has 4 rings (SSSR count). The first-order valence-electron chi connectivity index (χ1n) is 9.51. The number of carbonyl (C=O) groups is 1. The minimum Gasteiger partial charge on any atom is -0.478 e. The fourth-order valence-corrected chi connectivity index (χ4v) is 3.65. The first kappa shape index (κ1) is 18.0. The Balaban J connectivity index is 1.58. The van der Waals surface area contributed by atoms with Crippen LogP contribution in [-0.2, 0) is 12.8 Å². The largest absolute Gasteiger partial charge is 0.478 e. The summed E-state index contributed by atoms with van der Waals surface area (Å²) >= 11 is 0. The van der Waals surface area contributed by atoms with Gasteiger partial charge in [0.2, 0.25) is 0 Å². The second-order valence-electron chi connectivity index (χ2n) is 7.22. The summed E-state index contributed by atoms with van der Waals surface area (Å²) in [7, 11) is 0. The highest BCUT2D eigenvalue weighted by molar-refractivity contribution is 5.91. The molecule has 0 aliphatic rings. The van der Waals surface area contributed by atoms with Gasteiger partial charge in [-0.2, -0.15) is 0 Å². The van der Waals surface area contributed by atoms with E-state index in [0.717, 1.165) is 29.5 Å². The molecule has 0 bridgehead atoms. The molecule has 0 aliphatic carbocycles. The van der Waals surface area contributed by atoms with Crippen LogP contribution in [0, 0.1) is 6.92 Å². The van der Waals surface area contributed by atoms with Gasteiger partial charge >= 0.3 is 5.97 Å². The zero-order chi connectivity index (χ0) is 19.5. The summed E-state index contributed by atoms with van der Waals surface area (Å²) in [5, 5.41) is 11.6. The number of aryl methyl sites for hydroxylation is 3. The smallest absolute Gasteiger partial charge is 0.335 e. The maximum atomic E-state index is 11.2. The van der Waals surface area contributed by atoms with E-state index in [4.69, 9.17) is 0 Å². The maximum Gasteiger partial charge on any atom is 0.335 e. The molecule has 138 valence electrons. The van der Waals surface area contributed by atoms with Crippen LogP contribution in [0.1, 0.15) is 27.0 Å². The first-order valence-corrected chi connectivity index (χ1v) is 9.51. The number of carboxylic acid groups (broad SMARTS) is 1. The maximum absolute atomic E-state index is 11.2. The number of fused-ring (bicyclic) bond motifs is 1. The number of hydrogen-bond acceptors (Lipinski definition) is 1. The van der Waals surface area contributed by atoms with Crippen LogP contribution in [-0.4, -0.2) is 11.1 Å². The number of benzene rings is 4. The molecule has 0 saturated carbocycles. The molecule has 0 radical (unpaired) electrons. The summed E-state index contributed by atoms with van der Waals surface area (Å²) in [6.45, 7) is 1.84. The molecule has 0 fully saturated rings. The molecule has 0 unspecified atom stereocenters. The van der Waals surface area contributed by atoms with Gasteiger partial charge in [-0.05, 0) is 70.5 Å². The molecule has 0 spiro atoms. The second kappa shape index (κ2) is 7.69. The van der Waals surface area contributed by atoms with E-state index in [-0.39, 0.29) is 0 Å². The number of hydrogen-bond donors (Lipinski definition) is 1. The van der Waals surface area contributed by atoms with Gasteiger partial charge in [0.05, 0.1) is 5.56 Å². The predicted molar refractivity (Wildman–Crippen MR) is 115 cm³/mol. The van der Waals surface area contributed by atoms with Crippen LogP contribution in [0.15, 0.2) is 84.9 Å². The molecule has 0 amide bonds. The van der Waals surface area contributed by atoms with Crippen LogP contribution in [0.3, 0.4) is 0 Å². The third kappa shape index (κ3) is 3.81. The van der Waals surface area contributed by atoms with Gasteiger partial charge in [0.1, 0.15) is 0 Å². The summed E-state index contributed by atoms with van der Waals surface area (Å²) in [6, 6.07) is 29.1. The van der Waals surface area contributed by atoms with Gasteiger partial charge in [-0.3, -0.25) is 0 Å². The molecule has 0 saturated heterocycles. The van der Waals surface area contributed by atoms with Gasteiger partial charge in [0.15, 0.2) is 0 Å². The van der Waals surface area contributed by atoms with Crippen molar-refractivity contribution in [2.45, 2.75) is 19.8 Å². The third-order valence-corrected chi connectivity index (χ3v) is 5.24. The van der Waals surface area contributed by atoms with Crippen LogP contribution in [0.25, 0.3) is 21.9 Å². The van der Waals surface area contributed by atoms with E-state index in [1.54, 1.807) is 6.07 Å². The van der Waals surface area contributed by atoms with Crippen LogP contribution < -0.4 is 0 Å². The van der Waals surface area contributed by atoms with Crippen molar-refractivity contribution in [3.8, 4) is 11.1 Å². The van der Waals surface area contributed by atoms with E-state index in [2.05, 4.69) is 60.7 Å². The Morgan fingerprint density at radius 2 is 1.36 bits per heavy atom. The Morgan fingerprint density at radius 1 is 0.714 bits per heavy atom. The molecule has 0 aliphatic heterocycles. The van der Waals surface area contributed by atoms with Crippen molar-refractivity contribution in [1.82, 2.24) is 0 Å². The van der Waals surface area contributed by atoms with E-state index in [0.29, 0.717) is 5.56 Å². The zero-order valence-electron chi connectivity index (χ0n) is 15.9. The topological polar surface area (TPSA) is 37.3 Å². The number of carboxylic acids is 1. The molecule has 28 heavy (non-hydrogen) atoms. The molecular weight excluding hydrogens is 344 g/mol. The Morgan fingerprint density at radius 3 is 2.11 bits per heavy atom. The Bertz CT molecular complexity index is 1140. The van der Waals surface area contributed by atoms with Gasteiger partial charge in [0.25, 0.3) is 0 Å². The highest BCUT2D eigenvalue weighted by Crippen LogP contribution is 2.27. The summed E-state index contributed by atoms with van der Waals surface area (Å²) in [4.78, 5) is 11.2. The average molecular weight is 366 g/mol. The molecular formula is C26H22O2.